The molecule has 0 aliphatic carbocycles. The van der Waals surface area contributed by atoms with Crippen molar-refractivity contribution in [1.82, 2.24) is 9.97 Å². The van der Waals surface area contributed by atoms with Crippen molar-refractivity contribution in [2.45, 2.75) is 32.6 Å². The van der Waals surface area contributed by atoms with Crippen LogP contribution in [0.3, 0.4) is 0 Å². The average molecular weight is 357 g/mol. The minimum atomic E-state index is -0.0344. The second kappa shape index (κ2) is 7.31. The zero-order valence-electron chi connectivity index (χ0n) is 15.7. The van der Waals surface area contributed by atoms with Crippen LogP contribution in [0.15, 0.2) is 60.9 Å². The Kier molecular flexibility index (Phi) is 4.71. The van der Waals surface area contributed by atoms with Crippen LogP contribution in [-0.2, 0) is 6.42 Å². The first-order valence-corrected chi connectivity index (χ1v) is 9.45. The largest absolute Gasteiger partial charge is 0.308 e. The minimum absolute atomic E-state index is 0.0344. The van der Waals surface area contributed by atoms with Gasteiger partial charge in [-0.1, -0.05) is 56.3 Å². The molecule has 0 atom stereocenters. The Morgan fingerprint density at radius 2 is 1.78 bits per heavy atom. The van der Waals surface area contributed by atoms with Crippen molar-refractivity contribution < 1.29 is 4.79 Å². The molecule has 0 saturated heterocycles. The Bertz CT molecular complexity index is 949. The van der Waals surface area contributed by atoms with Gasteiger partial charge in [-0.25, -0.2) is 9.97 Å². The highest BCUT2D eigenvalue weighted by Gasteiger charge is 2.24. The summed E-state index contributed by atoms with van der Waals surface area (Å²) >= 11 is 0. The summed E-state index contributed by atoms with van der Waals surface area (Å²) < 4.78 is 0. The van der Waals surface area contributed by atoms with Crippen LogP contribution in [0.4, 0.5) is 5.69 Å². The molecular weight excluding hydrogens is 334 g/mol. The molecule has 3 aromatic rings. The Labute approximate surface area is 159 Å². The Morgan fingerprint density at radius 3 is 2.48 bits per heavy atom. The molecule has 0 radical (unpaired) electrons. The molecule has 1 aliphatic heterocycles. The van der Waals surface area contributed by atoms with Crippen LogP contribution in [-0.4, -0.2) is 22.4 Å². The lowest BCUT2D eigenvalue weighted by atomic mass is 9.94. The molecule has 1 amide bonds. The van der Waals surface area contributed by atoms with Crippen molar-refractivity contribution in [3.63, 3.8) is 0 Å². The lowest BCUT2D eigenvalue weighted by molar-refractivity contribution is 0.0984. The van der Waals surface area contributed by atoms with Crippen molar-refractivity contribution >= 4 is 11.6 Å². The van der Waals surface area contributed by atoms with Crippen molar-refractivity contribution in [2.75, 3.05) is 11.4 Å². The maximum atomic E-state index is 13.1. The van der Waals surface area contributed by atoms with Gasteiger partial charge in [0.2, 0.25) is 0 Å². The number of aromatic nitrogens is 2. The zero-order valence-corrected chi connectivity index (χ0v) is 15.7. The topological polar surface area (TPSA) is 46.1 Å². The standard InChI is InChI=1S/C23H23N3O/c1-16(2)18-10-11-21-19(13-18)9-6-12-26(21)23(27)20-14-24-22(25-15-20)17-7-4-3-5-8-17/h3-5,7-8,10-11,13-16H,6,9,12H2,1-2H3. The Morgan fingerprint density at radius 1 is 1.04 bits per heavy atom. The molecule has 0 unspecified atom stereocenters. The van der Waals surface area contributed by atoms with E-state index in [9.17, 15) is 4.79 Å². The fourth-order valence-corrected chi connectivity index (χ4v) is 3.52. The summed E-state index contributed by atoms with van der Waals surface area (Å²) in [5.74, 6) is 1.08. The first kappa shape index (κ1) is 17.4. The van der Waals surface area contributed by atoms with E-state index in [0.717, 1.165) is 30.6 Å². The molecular formula is C23H23N3O. The lowest BCUT2D eigenvalue weighted by Crippen LogP contribution is -2.35. The van der Waals surface area contributed by atoms with Crippen LogP contribution < -0.4 is 4.90 Å². The van der Waals surface area contributed by atoms with E-state index in [0.29, 0.717) is 17.3 Å². The van der Waals surface area contributed by atoms with Gasteiger partial charge < -0.3 is 4.90 Å². The molecule has 0 saturated carbocycles. The first-order valence-electron chi connectivity index (χ1n) is 9.45. The van der Waals surface area contributed by atoms with Crippen molar-refractivity contribution in [1.29, 1.82) is 0 Å². The fraction of sp³-hybridized carbons (Fsp3) is 0.261. The smallest absolute Gasteiger partial charge is 0.261 e. The number of anilines is 1. The molecule has 2 aromatic carbocycles. The third-order valence-corrected chi connectivity index (χ3v) is 5.06. The summed E-state index contributed by atoms with van der Waals surface area (Å²) in [6, 6.07) is 16.2. The highest BCUT2D eigenvalue weighted by molar-refractivity contribution is 6.06. The maximum Gasteiger partial charge on any atom is 0.261 e. The van der Waals surface area contributed by atoms with E-state index in [2.05, 4.69) is 42.0 Å². The number of rotatable bonds is 3. The summed E-state index contributed by atoms with van der Waals surface area (Å²) in [6.07, 6.45) is 5.26. The fourth-order valence-electron chi connectivity index (χ4n) is 3.52. The van der Waals surface area contributed by atoms with Crippen molar-refractivity contribution in [2.24, 2.45) is 0 Å². The van der Waals surface area contributed by atoms with Crippen molar-refractivity contribution in [3.8, 4) is 11.4 Å². The van der Waals surface area contributed by atoms with Gasteiger partial charge in [0.25, 0.3) is 5.91 Å². The van der Waals surface area contributed by atoms with Crippen LogP contribution in [0.5, 0.6) is 0 Å². The monoisotopic (exact) mass is 357 g/mol. The Balaban J connectivity index is 1.61. The summed E-state index contributed by atoms with van der Waals surface area (Å²) in [5, 5.41) is 0. The van der Waals surface area contributed by atoms with E-state index < -0.39 is 0 Å². The highest BCUT2D eigenvalue weighted by Crippen LogP contribution is 2.31. The van der Waals surface area contributed by atoms with Gasteiger partial charge in [0, 0.05) is 30.2 Å². The van der Waals surface area contributed by atoms with Crippen LogP contribution in [0.2, 0.25) is 0 Å². The molecule has 0 N–H and O–H groups in total. The summed E-state index contributed by atoms with van der Waals surface area (Å²) in [4.78, 5) is 23.7. The molecule has 136 valence electrons. The predicted molar refractivity (Wildman–Crippen MR) is 108 cm³/mol. The van der Waals surface area contributed by atoms with Gasteiger partial charge in [-0.2, -0.15) is 0 Å². The highest BCUT2D eigenvalue weighted by atomic mass is 16.2. The molecule has 0 fully saturated rings. The Hall–Kier alpha value is -3.01. The SMILES string of the molecule is CC(C)c1ccc2c(c1)CCCN2C(=O)c1cnc(-c2ccccc2)nc1. The normalized spacial score (nSPS) is 13.5. The van der Waals surface area contributed by atoms with Crippen LogP contribution >= 0.6 is 0 Å². The van der Waals surface area contributed by atoms with E-state index in [1.54, 1.807) is 12.4 Å². The van der Waals surface area contributed by atoms with Crippen LogP contribution in [0, 0.1) is 0 Å². The molecule has 2 heterocycles. The first-order chi connectivity index (χ1) is 13.1. The molecule has 0 bridgehead atoms. The van der Waals surface area contributed by atoms with Gasteiger partial charge in [0.1, 0.15) is 0 Å². The predicted octanol–water partition coefficient (Wildman–Crippen LogP) is 4.86. The third kappa shape index (κ3) is 3.47. The maximum absolute atomic E-state index is 13.1. The molecule has 1 aromatic heterocycles. The number of nitrogens with zero attached hydrogens (tertiary/aromatic N) is 3. The van der Waals surface area contributed by atoms with E-state index in [1.807, 2.05) is 35.2 Å². The van der Waals surface area contributed by atoms with Gasteiger partial charge in [-0.15, -0.1) is 0 Å². The molecule has 4 nitrogen and oxygen atoms in total. The summed E-state index contributed by atoms with van der Waals surface area (Å²) in [6.45, 7) is 5.12. The van der Waals surface area contributed by atoms with Crippen molar-refractivity contribution in [3.05, 3.63) is 77.6 Å². The summed E-state index contributed by atoms with van der Waals surface area (Å²) in [7, 11) is 0. The van der Waals surface area contributed by atoms with Gasteiger partial charge in [0.15, 0.2) is 5.82 Å². The molecule has 4 rings (SSSR count). The van der Waals surface area contributed by atoms with E-state index >= 15 is 0 Å². The molecule has 0 spiro atoms. The number of fused-ring (bicyclic) bond motifs is 1. The minimum Gasteiger partial charge on any atom is -0.308 e. The second-order valence-electron chi connectivity index (χ2n) is 7.26. The van der Waals surface area contributed by atoms with E-state index in [4.69, 9.17) is 0 Å². The molecule has 1 aliphatic rings. The number of benzene rings is 2. The number of aryl methyl sites for hydroxylation is 1. The lowest BCUT2D eigenvalue weighted by Gasteiger charge is -2.30. The third-order valence-electron chi connectivity index (χ3n) is 5.06. The summed E-state index contributed by atoms with van der Waals surface area (Å²) in [5.41, 5.74) is 5.06. The van der Waals surface area contributed by atoms with E-state index in [-0.39, 0.29) is 5.91 Å². The molecule has 4 heteroatoms. The second-order valence-corrected chi connectivity index (χ2v) is 7.26. The van der Waals surface area contributed by atoms with Gasteiger partial charge in [0.05, 0.1) is 5.56 Å². The number of amides is 1. The number of hydrogen-bond acceptors (Lipinski definition) is 3. The molecule has 27 heavy (non-hydrogen) atoms. The number of carbonyl (C=O) groups is 1. The van der Waals surface area contributed by atoms with Crippen LogP contribution in [0.1, 0.15) is 47.7 Å². The average Bonchev–Trinajstić information content (AvgIpc) is 2.73. The van der Waals surface area contributed by atoms with Gasteiger partial charge in [-0.3, -0.25) is 4.79 Å². The van der Waals surface area contributed by atoms with Crippen LogP contribution in [0.25, 0.3) is 11.4 Å². The zero-order chi connectivity index (χ0) is 18.8. The number of hydrogen-bond donors (Lipinski definition) is 0. The quantitative estimate of drug-likeness (QED) is 0.672. The van der Waals surface area contributed by atoms with Gasteiger partial charge >= 0.3 is 0 Å². The van der Waals surface area contributed by atoms with E-state index in [1.165, 1.54) is 11.1 Å². The van der Waals surface area contributed by atoms with Gasteiger partial charge in [-0.05, 0) is 36.0 Å². The number of carbonyl (C=O) groups excluding carboxylic acids is 1.